The van der Waals surface area contributed by atoms with Crippen molar-refractivity contribution in [2.24, 2.45) is 0 Å². The van der Waals surface area contributed by atoms with Gasteiger partial charge in [0.2, 0.25) is 0 Å². The average molecular weight is 579 g/mol. The summed E-state index contributed by atoms with van der Waals surface area (Å²) in [6.45, 7) is 1.78. The number of hydrogen-bond donors (Lipinski definition) is 2. The Morgan fingerprint density at radius 3 is 1.26 bits per heavy atom. The number of benzene rings is 6. The van der Waals surface area contributed by atoms with Crippen LogP contribution in [-0.4, -0.2) is 23.1 Å². The number of para-hydroxylation sites is 2. The zero-order valence-electron chi connectivity index (χ0n) is 23.7. The molecule has 0 aliphatic rings. The molecular weight excluding hydrogens is 548 g/mol. The van der Waals surface area contributed by atoms with E-state index in [1.165, 1.54) is 54.5 Å². The molecule has 4 nitrogen and oxygen atoms in total. The maximum absolute atomic E-state index is 5.07. The number of nitrogens with zero attached hydrogens (tertiary/aromatic N) is 2. The number of anilines is 2. The third-order valence-electron chi connectivity index (χ3n) is 8.36. The Labute approximate surface area is 256 Å². The Morgan fingerprint density at radius 2 is 0.791 bits per heavy atom. The van der Waals surface area contributed by atoms with Crippen LogP contribution < -0.4 is 10.6 Å². The van der Waals surface area contributed by atoms with Gasteiger partial charge in [-0.15, -0.1) is 12.4 Å². The van der Waals surface area contributed by atoms with Gasteiger partial charge in [-0.25, -0.2) is 9.97 Å². The van der Waals surface area contributed by atoms with Crippen LogP contribution >= 0.6 is 12.4 Å². The fraction of sp³-hybridized carbons (Fsp3) is 0.105. The van der Waals surface area contributed by atoms with Crippen molar-refractivity contribution in [3.8, 4) is 0 Å². The van der Waals surface area contributed by atoms with E-state index in [0.717, 1.165) is 48.0 Å². The van der Waals surface area contributed by atoms with Crippen LogP contribution in [0.15, 0.2) is 121 Å². The Bertz CT molecular complexity index is 2120. The fourth-order valence-electron chi connectivity index (χ4n) is 6.31. The molecule has 0 fully saturated rings. The number of rotatable bonds is 7. The minimum Gasteiger partial charge on any atom is -0.384 e. The van der Waals surface area contributed by atoms with Gasteiger partial charge in [-0.05, 0) is 35.7 Å². The minimum absolute atomic E-state index is 0. The second-order valence-corrected chi connectivity index (χ2v) is 10.9. The van der Waals surface area contributed by atoms with Gasteiger partial charge in [-0.3, -0.25) is 0 Å². The van der Waals surface area contributed by atoms with Crippen LogP contribution in [0.25, 0.3) is 65.2 Å². The first-order chi connectivity index (χ1) is 20.8. The van der Waals surface area contributed by atoms with Crippen LogP contribution in [0.5, 0.6) is 0 Å². The van der Waals surface area contributed by atoms with Gasteiger partial charge in [0.15, 0.2) is 0 Å². The Morgan fingerprint density at radius 1 is 0.395 bits per heavy atom. The third-order valence-corrected chi connectivity index (χ3v) is 8.36. The van der Waals surface area contributed by atoms with Gasteiger partial charge in [0.25, 0.3) is 0 Å². The Balaban J connectivity index is 0.00000300. The van der Waals surface area contributed by atoms with E-state index in [4.69, 9.17) is 9.97 Å². The van der Waals surface area contributed by atoms with Crippen molar-refractivity contribution in [2.45, 2.75) is 12.8 Å². The maximum atomic E-state index is 5.07. The van der Waals surface area contributed by atoms with Gasteiger partial charge in [0, 0.05) is 45.4 Å². The molecule has 0 atom stereocenters. The van der Waals surface area contributed by atoms with E-state index in [0.29, 0.717) is 0 Å². The molecule has 0 unspecified atom stereocenters. The smallest absolute Gasteiger partial charge is 0.0808 e. The highest BCUT2D eigenvalue weighted by Gasteiger charge is 2.13. The van der Waals surface area contributed by atoms with Crippen molar-refractivity contribution in [1.29, 1.82) is 0 Å². The highest BCUT2D eigenvalue weighted by Crippen LogP contribution is 2.36. The number of hydrogen-bond acceptors (Lipinski definition) is 4. The van der Waals surface area contributed by atoms with Crippen molar-refractivity contribution in [3.05, 3.63) is 121 Å². The van der Waals surface area contributed by atoms with Crippen molar-refractivity contribution in [1.82, 2.24) is 9.97 Å². The second-order valence-electron chi connectivity index (χ2n) is 10.9. The summed E-state index contributed by atoms with van der Waals surface area (Å²) in [6.07, 6.45) is 2.09. The fourth-order valence-corrected chi connectivity index (χ4v) is 6.31. The summed E-state index contributed by atoms with van der Waals surface area (Å²) in [5, 5.41) is 17.1. The van der Waals surface area contributed by atoms with Crippen molar-refractivity contribution in [3.63, 3.8) is 0 Å². The predicted octanol–water partition coefficient (Wildman–Crippen LogP) is 10.1. The van der Waals surface area contributed by atoms with Crippen LogP contribution in [0, 0.1) is 0 Å². The lowest BCUT2D eigenvalue weighted by molar-refractivity contribution is 0.797. The Hall–Kier alpha value is -4.93. The zero-order valence-corrected chi connectivity index (χ0v) is 24.5. The molecule has 0 amide bonds. The monoisotopic (exact) mass is 578 g/mol. The minimum atomic E-state index is 0. The van der Waals surface area contributed by atoms with Crippen LogP contribution in [-0.2, 0) is 0 Å². The standard InChI is InChI=1S/C38H30N4.ClH/c1-3-13-27-25(11-1)19-21-31-35(29-15-5-7-17-33(29)41-37(27)31)39-23-9-10-24-40-36-30-16-6-8-18-34(30)42-38-28-14-4-2-12-26(28)20-22-32(36)38;/h1-8,11-22H,9-10,23-24H2,(H,39,41)(H,40,42);1H. The van der Waals surface area contributed by atoms with Gasteiger partial charge >= 0.3 is 0 Å². The average Bonchev–Trinajstić information content (AvgIpc) is 3.05. The van der Waals surface area contributed by atoms with Gasteiger partial charge in [0.1, 0.15) is 0 Å². The molecule has 2 N–H and O–H groups in total. The van der Waals surface area contributed by atoms with E-state index >= 15 is 0 Å². The molecule has 2 aromatic heterocycles. The topological polar surface area (TPSA) is 49.8 Å². The molecule has 0 aliphatic carbocycles. The molecule has 0 saturated carbocycles. The summed E-state index contributed by atoms with van der Waals surface area (Å²) in [5.74, 6) is 0. The maximum Gasteiger partial charge on any atom is 0.0808 e. The van der Waals surface area contributed by atoms with Crippen molar-refractivity contribution >= 4 is 88.9 Å². The molecule has 210 valence electrons. The summed E-state index contributed by atoms with van der Waals surface area (Å²) in [7, 11) is 0. The van der Waals surface area contributed by atoms with Crippen LogP contribution in [0.3, 0.4) is 0 Å². The van der Waals surface area contributed by atoms with Crippen molar-refractivity contribution < 1.29 is 0 Å². The number of halogens is 1. The first kappa shape index (κ1) is 26.9. The molecule has 43 heavy (non-hydrogen) atoms. The quantitative estimate of drug-likeness (QED) is 0.112. The molecule has 0 aliphatic heterocycles. The van der Waals surface area contributed by atoms with Crippen LogP contribution in [0.1, 0.15) is 12.8 Å². The SMILES string of the molecule is Cl.c1ccc2c(c1)ccc1c(NCCCCNc3c4ccccc4nc4c3ccc3ccccc34)c3ccccc3nc12. The molecule has 0 bridgehead atoms. The number of fused-ring (bicyclic) bond motifs is 8. The van der Waals surface area contributed by atoms with Crippen LogP contribution in [0.4, 0.5) is 11.4 Å². The summed E-state index contributed by atoms with van der Waals surface area (Å²) < 4.78 is 0. The van der Waals surface area contributed by atoms with E-state index in [9.17, 15) is 0 Å². The number of unbranched alkanes of at least 4 members (excludes halogenated alkanes) is 1. The van der Waals surface area contributed by atoms with Crippen LogP contribution in [0.2, 0.25) is 0 Å². The molecule has 0 spiro atoms. The highest BCUT2D eigenvalue weighted by molar-refractivity contribution is 6.17. The first-order valence-corrected chi connectivity index (χ1v) is 14.7. The Kier molecular flexibility index (Phi) is 7.14. The van der Waals surface area contributed by atoms with E-state index in [2.05, 4.69) is 132 Å². The molecule has 2 heterocycles. The lowest BCUT2D eigenvalue weighted by Gasteiger charge is -2.16. The largest absolute Gasteiger partial charge is 0.384 e. The summed E-state index contributed by atoms with van der Waals surface area (Å²) in [4.78, 5) is 10.1. The zero-order chi connectivity index (χ0) is 27.9. The molecule has 8 aromatic rings. The number of aromatic nitrogens is 2. The second kappa shape index (κ2) is 11.4. The van der Waals surface area contributed by atoms with Gasteiger partial charge < -0.3 is 10.6 Å². The molecule has 5 heteroatoms. The van der Waals surface area contributed by atoms with E-state index in [-0.39, 0.29) is 12.4 Å². The van der Waals surface area contributed by atoms with Gasteiger partial charge in [-0.2, -0.15) is 0 Å². The lowest BCUT2D eigenvalue weighted by Crippen LogP contribution is -2.08. The predicted molar refractivity (Wildman–Crippen MR) is 187 cm³/mol. The molecule has 0 saturated heterocycles. The van der Waals surface area contributed by atoms with Crippen molar-refractivity contribution in [2.75, 3.05) is 23.7 Å². The van der Waals surface area contributed by atoms with E-state index in [1.807, 2.05) is 0 Å². The lowest BCUT2D eigenvalue weighted by atomic mass is 10.0. The number of pyridine rings is 2. The molecule has 0 radical (unpaired) electrons. The molecule has 6 aromatic carbocycles. The normalized spacial score (nSPS) is 11.4. The highest BCUT2D eigenvalue weighted by atomic mass is 35.5. The summed E-state index contributed by atoms with van der Waals surface area (Å²) in [6, 6.07) is 42.7. The van der Waals surface area contributed by atoms with Gasteiger partial charge in [-0.1, -0.05) is 109 Å². The first-order valence-electron chi connectivity index (χ1n) is 14.7. The van der Waals surface area contributed by atoms with Gasteiger partial charge in [0.05, 0.1) is 33.4 Å². The third kappa shape index (κ3) is 4.74. The summed E-state index contributed by atoms with van der Waals surface area (Å²) in [5.41, 5.74) is 6.50. The summed E-state index contributed by atoms with van der Waals surface area (Å²) >= 11 is 0. The molecule has 8 rings (SSSR count). The van der Waals surface area contributed by atoms with E-state index in [1.54, 1.807) is 0 Å². The van der Waals surface area contributed by atoms with E-state index < -0.39 is 0 Å². The molecular formula is C38H31ClN4. The number of nitrogens with one attached hydrogen (secondary N) is 2.